The Morgan fingerprint density at radius 2 is 2.40 bits per heavy atom. The van der Waals surface area contributed by atoms with E-state index in [0.29, 0.717) is 0 Å². The van der Waals surface area contributed by atoms with E-state index in [1.54, 1.807) is 11.2 Å². The molecule has 0 aliphatic carbocycles. The number of allylic oxidation sites excluding steroid dienone is 2. The molecule has 1 heterocycles. The molecular weight excluding hydrogens is 124 g/mol. The Morgan fingerprint density at radius 1 is 1.70 bits per heavy atom. The number of hydrogen-bond donors (Lipinski definition) is 0. The van der Waals surface area contributed by atoms with Gasteiger partial charge in [-0.15, -0.1) is 0 Å². The van der Waals surface area contributed by atoms with Gasteiger partial charge in [0, 0.05) is 13.3 Å². The molecular formula is C8H12N2. The summed E-state index contributed by atoms with van der Waals surface area (Å²) in [4.78, 5) is 0. The van der Waals surface area contributed by atoms with Gasteiger partial charge >= 0.3 is 0 Å². The molecule has 54 valence electrons. The van der Waals surface area contributed by atoms with Gasteiger partial charge in [-0.3, -0.25) is 5.01 Å². The molecule has 2 heteroatoms. The second kappa shape index (κ2) is 2.69. The van der Waals surface area contributed by atoms with Gasteiger partial charge < -0.3 is 0 Å². The van der Waals surface area contributed by atoms with E-state index >= 15 is 0 Å². The second-order valence-corrected chi connectivity index (χ2v) is 2.28. The Bertz CT molecular complexity index is 201. The largest absolute Gasteiger partial charge is 0.269 e. The summed E-state index contributed by atoms with van der Waals surface area (Å²) in [6.45, 7) is 6.01. The Labute approximate surface area is 61.5 Å². The van der Waals surface area contributed by atoms with Gasteiger partial charge in [0.1, 0.15) is 0 Å². The molecule has 0 bridgehead atoms. The molecule has 0 fully saturated rings. The van der Waals surface area contributed by atoms with Crippen molar-refractivity contribution in [2.45, 2.75) is 13.3 Å². The van der Waals surface area contributed by atoms with Crippen LogP contribution in [-0.4, -0.2) is 18.3 Å². The van der Waals surface area contributed by atoms with E-state index in [4.69, 9.17) is 0 Å². The van der Waals surface area contributed by atoms with Crippen LogP contribution in [-0.2, 0) is 0 Å². The van der Waals surface area contributed by atoms with Gasteiger partial charge in [0.2, 0.25) is 0 Å². The van der Waals surface area contributed by atoms with E-state index < -0.39 is 0 Å². The second-order valence-electron chi connectivity index (χ2n) is 2.28. The van der Waals surface area contributed by atoms with Crippen LogP contribution in [0.3, 0.4) is 0 Å². The van der Waals surface area contributed by atoms with Crippen molar-refractivity contribution in [2.75, 3.05) is 7.05 Å². The smallest absolute Gasteiger partial charge is 0.0551 e. The molecule has 1 rings (SSSR count). The topological polar surface area (TPSA) is 15.6 Å². The molecule has 0 aromatic carbocycles. The summed E-state index contributed by atoms with van der Waals surface area (Å²) in [5.41, 5.74) is 2.27. The highest BCUT2D eigenvalue weighted by atomic mass is 15.4. The maximum Gasteiger partial charge on any atom is 0.0551 e. The van der Waals surface area contributed by atoms with Crippen LogP contribution in [0.15, 0.2) is 29.0 Å². The highest BCUT2D eigenvalue weighted by Crippen LogP contribution is 2.17. The number of nitrogens with zero attached hydrogens (tertiary/aromatic N) is 2. The summed E-state index contributed by atoms with van der Waals surface area (Å²) in [6, 6.07) is 0. The average molecular weight is 136 g/mol. The van der Waals surface area contributed by atoms with Crippen LogP contribution in [0.2, 0.25) is 0 Å². The van der Waals surface area contributed by atoms with Crippen molar-refractivity contribution >= 4 is 6.21 Å². The van der Waals surface area contributed by atoms with Crippen molar-refractivity contribution in [1.29, 1.82) is 0 Å². The third-order valence-electron chi connectivity index (χ3n) is 1.66. The van der Waals surface area contributed by atoms with E-state index in [0.717, 1.165) is 12.1 Å². The van der Waals surface area contributed by atoms with Crippen molar-refractivity contribution in [2.24, 2.45) is 5.10 Å². The lowest BCUT2D eigenvalue weighted by Gasteiger charge is -2.20. The molecule has 1 aliphatic heterocycles. The van der Waals surface area contributed by atoms with Gasteiger partial charge in [0.25, 0.3) is 0 Å². The fourth-order valence-electron chi connectivity index (χ4n) is 0.919. The monoisotopic (exact) mass is 136 g/mol. The van der Waals surface area contributed by atoms with E-state index in [1.165, 1.54) is 5.57 Å². The first-order valence-electron chi connectivity index (χ1n) is 3.42. The van der Waals surface area contributed by atoms with Crippen LogP contribution in [0.5, 0.6) is 0 Å². The Balaban J connectivity index is 2.82. The lowest BCUT2D eigenvalue weighted by atomic mass is 10.1. The van der Waals surface area contributed by atoms with Crippen molar-refractivity contribution in [1.82, 2.24) is 5.01 Å². The molecule has 0 unspecified atom stereocenters. The molecule has 0 atom stereocenters. The number of likely N-dealkylation sites (N-methyl/N-ethyl adjacent to an activating group) is 1. The predicted molar refractivity (Wildman–Crippen MR) is 43.8 cm³/mol. The Kier molecular flexibility index (Phi) is 1.90. The molecule has 0 saturated heterocycles. The van der Waals surface area contributed by atoms with E-state index in [1.807, 2.05) is 13.1 Å². The zero-order valence-electron chi connectivity index (χ0n) is 6.46. The Morgan fingerprint density at radius 3 is 2.90 bits per heavy atom. The lowest BCUT2D eigenvalue weighted by molar-refractivity contribution is 0.452. The minimum Gasteiger partial charge on any atom is -0.269 e. The normalized spacial score (nSPS) is 17.6. The summed E-state index contributed by atoms with van der Waals surface area (Å²) in [5, 5.41) is 5.83. The molecule has 0 aromatic heterocycles. The number of rotatable bonds is 1. The van der Waals surface area contributed by atoms with Crippen molar-refractivity contribution in [3.8, 4) is 0 Å². The first-order valence-corrected chi connectivity index (χ1v) is 3.42. The SMILES string of the molecule is C=C1C(CC)=CC=NN1C. The molecule has 0 aromatic rings. The van der Waals surface area contributed by atoms with Gasteiger partial charge in [0.05, 0.1) is 5.70 Å². The predicted octanol–water partition coefficient (Wildman–Crippen LogP) is 1.77. The molecule has 10 heavy (non-hydrogen) atoms. The summed E-state index contributed by atoms with van der Waals surface area (Å²) in [6.07, 6.45) is 4.82. The van der Waals surface area contributed by atoms with Crippen LogP contribution < -0.4 is 0 Å². The third kappa shape index (κ3) is 1.10. The first-order chi connectivity index (χ1) is 4.75. The molecule has 0 saturated carbocycles. The quantitative estimate of drug-likeness (QED) is 0.536. The lowest BCUT2D eigenvalue weighted by Crippen LogP contribution is -2.14. The summed E-state index contributed by atoms with van der Waals surface area (Å²) >= 11 is 0. The summed E-state index contributed by atoms with van der Waals surface area (Å²) in [7, 11) is 1.90. The molecule has 0 amide bonds. The third-order valence-corrected chi connectivity index (χ3v) is 1.66. The fraction of sp³-hybridized carbons (Fsp3) is 0.375. The van der Waals surface area contributed by atoms with Gasteiger partial charge in [0.15, 0.2) is 0 Å². The fourth-order valence-corrected chi connectivity index (χ4v) is 0.919. The minimum absolute atomic E-state index is 1.00. The van der Waals surface area contributed by atoms with Gasteiger partial charge in [-0.25, -0.2) is 0 Å². The molecule has 2 nitrogen and oxygen atoms in total. The van der Waals surface area contributed by atoms with Crippen LogP contribution in [0.4, 0.5) is 0 Å². The van der Waals surface area contributed by atoms with Crippen LogP contribution >= 0.6 is 0 Å². The first kappa shape index (κ1) is 7.06. The van der Waals surface area contributed by atoms with Crippen molar-refractivity contribution in [3.63, 3.8) is 0 Å². The van der Waals surface area contributed by atoms with Crippen LogP contribution in [0.25, 0.3) is 0 Å². The minimum atomic E-state index is 1.00. The Hall–Kier alpha value is -1.05. The molecule has 0 N–H and O–H groups in total. The van der Waals surface area contributed by atoms with E-state index in [9.17, 15) is 0 Å². The van der Waals surface area contributed by atoms with Crippen LogP contribution in [0.1, 0.15) is 13.3 Å². The molecule has 0 radical (unpaired) electrons. The molecule has 0 spiro atoms. The summed E-state index contributed by atoms with van der Waals surface area (Å²) < 4.78 is 0. The van der Waals surface area contributed by atoms with Gasteiger partial charge in [-0.2, -0.15) is 5.10 Å². The maximum atomic E-state index is 4.04. The maximum absolute atomic E-state index is 4.04. The van der Waals surface area contributed by atoms with Crippen molar-refractivity contribution in [3.05, 3.63) is 23.9 Å². The average Bonchev–Trinajstić information content (AvgIpc) is 1.95. The standard InChI is InChI=1S/C8H12N2/c1-4-8-5-6-9-10(3)7(8)2/h5-6H,2,4H2,1,3H3. The number of hydrogen-bond acceptors (Lipinski definition) is 2. The highest BCUT2D eigenvalue weighted by molar-refractivity contribution is 5.74. The van der Waals surface area contributed by atoms with Gasteiger partial charge in [-0.05, 0) is 18.1 Å². The summed E-state index contributed by atoms with van der Waals surface area (Å²) in [5.74, 6) is 0. The van der Waals surface area contributed by atoms with E-state index in [-0.39, 0.29) is 0 Å². The van der Waals surface area contributed by atoms with E-state index in [2.05, 4.69) is 18.6 Å². The van der Waals surface area contributed by atoms with Gasteiger partial charge in [-0.1, -0.05) is 13.5 Å². The number of hydrazone groups is 1. The zero-order valence-corrected chi connectivity index (χ0v) is 6.46. The van der Waals surface area contributed by atoms with Crippen molar-refractivity contribution < 1.29 is 0 Å². The molecule has 1 aliphatic rings. The van der Waals surface area contributed by atoms with Crippen LogP contribution in [0, 0.1) is 0 Å². The zero-order chi connectivity index (χ0) is 7.56. The highest BCUT2D eigenvalue weighted by Gasteiger charge is 2.06.